The van der Waals surface area contributed by atoms with Crippen molar-refractivity contribution in [3.8, 4) is 0 Å². The Hall–Kier alpha value is -0.0616. The zero-order valence-corrected chi connectivity index (χ0v) is 10.2. The van der Waals surface area contributed by atoms with Gasteiger partial charge in [-0.25, -0.2) is 0 Å². The molecule has 0 saturated carbocycles. The molecule has 0 spiro atoms. The van der Waals surface area contributed by atoms with E-state index in [4.69, 9.17) is 0 Å². The van der Waals surface area contributed by atoms with E-state index >= 15 is 0 Å². The van der Waals surface area contributed by atoms with Crippen LogP contribution in [0.2, 0.25) is 5.21 Å². The van der Waals surface area contributed by atoms with Crippen molar-refractivity contribution in [2.45, 2.75) is 18.6 Å². The van der Waals surface area contributed by atoms with Crippen LogP contribution in [-0.4, -0.2) is 59.2 Å². The molecule has 64 valence electrons. The van der Waals surface area contributed by atoms with Gasteiger partial charge in [0.15, 0.2) is 0 Å². The summed E-state index contributed by atoms with van der Waals surface area (Å²) in [6.07, 6.45) is 1.29. The second-order valence-electron chi connectivity index (χ2n) is 2.72. The van der Waals surface area contributed by atoms with Gasteiger partial charge in [-0.3, -0.25) is 0 Å². The first-order chi connectivity index (χ1) is 5.20. The Morgan fingerprint density at radius 2 is 2.00 bits per heavy atom. The fraction of sp³-hybridized carbons (Fsp3) is 0.875. The molecule has 0 bridgehead atoms. The molecule has 1 atom stereocenters. The summed E-state index contributed by atoms with van der Waals surface area (Å²) in [5, 5.41) is 1.32. The van der Waals surface area contributed by atoms with E-state index in [1.54, 1.807) is 0 Å². The third kappa shape index (κ3) is 6.34. The van der Waals surface area contributed by atoms with Crippen LogP contribution >= 0.6 is 0 Å². The second kappa shape index (κ2) is 6.64. The van der Waals surface area contributed by atoms with Crippen molar-refractivity contribution in [3.05, 3.63) is 0 Å². The Labute approximate surface area is 78.1 Å². The molecule has 0 N–H and O–H groups in total. The monoisotopic (exact) mass is 218 g/mol. The second-order valence-corrected chi connectivity index (χ2v) is 3.93. The van der Waals surface area contributed by atoms with E-state index in [9.17, 15) is 0 Å². The first-order valence-corrected chi connectivity index (χ1v) is 5.80. The molecule has 0 saturated heterocycles. The molecule has 0 aliphatic carbocycles. The summed E-state index contributed by atoms with van der Waals surface area (Å²) in [6.45, 7) is 4.37. The van der Waals surface area contributed by atoms with Gasteiger partial charge in [0.1, 0.15) is 0 Å². The summed E-state index contributed by atoms with van der Waals surface area (Å²) in [4.78, 5) is 0. The molecule has 1 unspecified atom stereocenters. The van der Waals surface area contributed by atoms with Gasteiger partial charge in [0.2, 0.25) is 0 Å². The number of nitrogens with zero attached hydrogens (tertiary/aromatic N) is 2. The van der Waals surface area contributed by atoms with Crippen LogP contribution in [0.15, 0.2) is 0 Å². The van der Waals surface area contributed by atoms with Gasteiger partial charge in [-0.1, -0.05) is 0 Å². The van der Waals surface area contributed by atoms with Crippen molar-refractivity contribution in [1.82, 2.24) is 0 Å². The molecule has 0 aromatic rings. The first kappa shape index (κ1) is 10.9. The quantitative estimate of drug-likeness (QED) is 0.353. The van der Waals surface area contributed by atoms with Gasteiger partial charge in [0, 0.05) is 0 Å². The summed E-state index contributed by atoms with van der Waals surface area (Å²) >= 11 is 1.81. The number of rotatable bonds is 4. The van der Waals surface area contributed by atoms with E-state index in [0.29, 0.717) is 0 Å². The molecule has 3 heteroatoms. The van der Waals surface area contributed by atoms with E-state index in [1.807, 2.05) is 35.5 Å². The van der Waals surface area contributed by atoms with Gasteiger partial charge >= 0.3 is 77.8 Å². The van der Waals surface area contributed by atoms with Crippen molar-refractivity contribution >= 4 is 22.9 Å². The predicted molar refractivity (Wildman–Crippen MR) is 50.8 cm³/mol. The Morgan fingerprint density at radius 3 is 2.36 bits per heavy atom. The van der Waals surface area contributed by atoms with Gasteiger partial charge < -0.3 is 0 Å². The average molecular weight is 218 g/mol. The maximum absolute atomic E-state index is 3.24. The van der Waals surface area contributed by atoms with Crippen molar-refractivity contribution in [2.24, 2.45) is 0 Å². The van der Waals surface area contributed by atoms with Crippen molar-refractivity contribution in [2.75, 3.05) is 27.2 Å². The topological polar surface area (TPSA) is 6.02 Å². The summed E-state index contributed by atoms with van der Waals surface area (Å²) in [5.74, 6) is 0. The first-order valence-electron chi connectivity index (χ1n) is 4.09. The van der Waals surface area contributed by atoms with E-state index in [0.717, 1.165) is 13.1 Å². The van der Waals surface area contributed by atoms with Gasteiger partial charge in [-0.15, -0.1) is 0 Å². The van der Waals surface area contributed by atoms with Crippen molar-refractivity contribution in [1.29, 1.82) is 0 Å². The van der Waals surface area contributed by atoms with Crippen molar-refractivity contribution in [3.63, 3.8) is 0 Å². The predicted octanol–water partition coefficient (Wildman–Crippen LogP) is -0.0937. The molecule has 0 heterocycles. The zero-order chi connectivity index (χ0) is 8.69. The van der Waals surface area contributed by atoms with Crippen LogP contribution in [0, 0.1) is 0 Å². The third-order valence-electron chi connectivity index (χ3n) is 1.36. The fourth-order valence-electron chi connectivity index (χ4n) is 0.844. The van der Waals surface area contributed by atoms with Gasteiger partial charge in [-0.2, -0.15) is 0 Å². The molecule has 0 rings (SSSR count). The molecule has 0 amide bonds. The minimum atomic E-state index is 1.06. The Morgan fingerprint density at radius 1 is 1.36 bits per heavy atom. The molecule has 0 aromatic carbocycles. The van der Waals surface area contributed by atoms with Crippen LogP contribution in [0.5, 0.6) is 0 Å². The Kier molecular flexibility index (Phi) is 6.60. The van der Waals surface area contributed by atoms with Crippen LogP contribution in [-0.2, 0) is 0 Å². The van der Waals surface area contributed by atoms with E-state index in [1.165, 1.54) is 11.6 Å². The normalized spacial score (nSPS) is 9.09. The van der Waals surface area contributed by atoms with Crippen LogP contribution in [0.25, 0.3) is 0 Å². The molecule has 0 aromatic heterocycles. The third-order valence-corrected chi connectivity index (χ3v) is 2.21. The van der Waals surface area contributed by atoms with E-state index in [2.05, 4.69) is 17.5 Å². The maximum atomic E-state index is 3.24. The number of hydrogen-bond donors (Lipinski definition) is 0. The molecule has 0 fully saturated rings. The average Bonchev–Trinajstić information content (AvgIpc) is 1.97. The molecule has 2 nitrogen and oxygen atoms in total. The van der Waals surface area contributed by atoms with E-state index < -0.39 is 0 Å². The van der Waals surface area contributed by atoms with Crippen molar-refractivity contribution < 1.29 is 9.15 Å². The molecule has 0 radical (unpaired) electrons. The van der Waals surface area contributed by atoms with Crippen LogP contribution in [0.1, 0.15) is 13.3 Å². The van der Waals surface area contributed by atoms with Crippen LogP contribution in [0.3, 0.4) is 0 Å². The molecule has 0 aliphatic heterocycles. The Bertz CT molecular complexity index is 165. The zero-order valence-electron chi connectivity index (χ0n) is 7.80. The fourth-order valence-corrected chi connectivity index (χ4v) is 1.23. The van der Waals surface area contributed by atoms with Gasteiger partial charge in [-0.05, 0) is 0 Å². The Balaban J connectivity index is 4.06. The summed E-state index contributed by atoms with van der Waals surface area (Å²) < 4.78 is 4.20. The van der Waals surface area contributed by atoms with Crippen LogP contribution < -0.4 is 0 Å². The summed E-state index contributed by atoms with van der Waals surface area (Å²) in [7, 11) is 4.02. The summed E-state index contributed by atoms with van der Waals surface area (Å²) in [5.41, 5.74) is 0. The standard InChI is InChI=1S/C8H19AsN2/c1-4-11(7-5-6-9)8-10(2)3/h4-7,9H2,1-3H3/q+2. The van der Waals surface area contributed by atoms with E-state index in [-0.39, 0.29) is 0 Å². The molecular formula is C8H19AsN2+2. The summed E-state index contributed by atoms with van der Waals surface area (Å²) in [6, 6.07) is 3.24. The number of hydrogen-bond acceptors (Lipinski definition) is 0. The molecule has 11 heavy (non-hydrogen) atoms. The SMILES string of the molecule is CC[N+](=C=[N+](C)C)CCC[AsH2]. The van der Waals surface area contributed by atoms with Gasteiger partial charge in [0.05, 0.1) is 0 Å². The van der Waals surface area contributed by atoms with Crippen LogP contribution in [0.4, 0.5) is 0 Å². The molecule has 0 aliphatic rings. The minimum absolute atomic E-state index is 1.06. The van der Waals surface area contributed by atoms with Gasteiger partial charge in [0.25, 0.3) is 0 Å². The molecular weight excluding hydrogens is 199 g/mol.